The van der Waals surface area contributed by atoms with Crippen LogP contribution in [0.2, 0.25) is 0 Å². The van der Waals surface area contributed by atoms with Gasteiger partial charge in [-0.05, 0) is 30.7 Å². The van der Waals surface area contributed by atoms with Crippen LogP contribution in [0, 0.1) is 0 Å². The van der Waals surface area contributed by atoms with Gasteiger partial charge in [-0.15, -0.1) is 0 Å². The van der Waals surface area contributed by atoms with E-state index in [2.05, 4.69) is 12.2 Å². The molecule has 18 heavy (non-hydrogen) atoms. The van der Waals surface area contributed by atoms with E-state index in [1.165, 1.54) is 0 Å². The molecule has 0 unspecified atom stereocenters. The molecule has 1 aromatic rings. The summed E-state index contributed by atoms with van der Waals surface area (Å²) in [6.07, 6.45) is 2.77. The number of nitrogens with two attached hydrogens (primary N) is 1. The van der Waals surface area contributed by atoms with Gasteiger partial charge >= 0.3 is 0 Å². The Balaban J connectivity index is 2.53. The maximum atomic E-state index is 11.8. The molecule has 1 amide bonds. The highest BCUT2D eigenvalue weighted by Crippen LogP contribution is 2.15. The van der Waals surface area contributed by atoms with Gasteiger partial charge in [0.15, 0.2) is 0 Å². The molecule has 0 saturated carbocycles. The third kappa shape index (κ3) is 4.37. The highest BCUT2D eigenvalue weighted by atomic mass is 16.2. The minimum absolute atomic E-state index is 0.110. The van der Waals surface area contributed by atoms with E-state index in [0.29, 0.717) is 0 Å². The SMILES string of the molecule is CCCC[C@H](N)C(=O)Nc1ccc(N(C)C)cc1. The van der Waals surface area contributed by atoms with Crippen LogP contribution in [0.3, 0.4) is 0 Å². The maximum Gasteiger partial charge on any atom is 0.241 e. The second kappa shape index (κ2) is 7.01. The molecule has 4 heteroatoms. The molecule has 0 radical (unpaired) electrons. The lowest BCUT2D eigenvalue weighted by atomic mass is 10.1. The molecule has 0 fully saturated rings. The molecule has 0 heterocycles. The summed E-state index contributed by atoms with van der Waals surface area (Å²) in [7, 11) is 3.96. The monoisotopic (exact) mass is 249 g/mol. The fourth-order valence-corrected chi connectivity index (χ4v) is 1.63. The van der Waals surface area contributed by atoms with Gasteiger partial charge in [0, 0.05) is 25.5 Å². The first-order chi connectivity index (χ1) is 8.54. The van der Waals surface area contributed by atoms with Gasteiger partial charge in [0.05, 0.1) is 6.04 Å². The van der Waals surface area contributed by atoms with Crippen LogP contribution in [0.5, 0.6) is 0 Å². The summed E-state index contributed by atoms with van der Waals surface area (Å²) in [5.41, 5.74) is 7.70. The minimum atomic E-state index is -0.418. The smallest absolute Gasteiger partial charge is 0.241 e. The van der Waals surface area contributed by atoms with Gasteiger partial charge < -0.3 is 16.0 Å². The van der Waals surface area contributed by atoms with Crippen LogP contribution < -0.4 is 16.0 Å². The van der Waals surface area contributed by atoms with Gasteiger partial charge in [0.25, 0.3) is 0 Å². The number of nitrogens with zero attached hydrogens (tertiary/aromatic N) is 1. The number of carbonyl (C=O) groups excluding carboxylic acids is 1. The number of hydrogen-bond acceptors (Lipinski definition) is 3. The first-order valence-electron chi connectivity index (χ1n) is 6.38. The Hall–Kier alpha value is -1.55. The van der Waals surface area contributed by atoms with E-state index >= 15 is 0 Å². The van der Waals surface area contributed by atoms with Crippen molar-refractivity contribution in [2.45, 2.75) is 32.2 Å². The predicted octanol–water partition coefficient (Wildman–Crippen LogP) is 2.21. The second-order valence-electron chi connectivity index (χ2n) is 4.68. The molecule has 4 nitrogen and oxygen atoms in total. The highest BCUT2D eigenvalue weighted by molar-refractivity contribution is 5.94. The van der Waals surface area contributed by atoms with E-state index in [0.717, 1.165) is 30.6 Å². The Kier molecular flexibility index (Phi) is 5.65. The van der Waals surface area contributed by atoms with Crippen molar-refractivity contribution in [3.8, 4) is 0 Å². The van der Waals surface area contributed by atoms with Crippen LogP contribution in [0.15, 0.2) is 24.3 Å². The molecule has 100 valence electrons. The van der Waals surface area contributed by atoms with Crippen LogP contribution in [0.25, 0.3) is 0 Å². The summed E-state index contributed by atoms with van der Waals surface area (Å²) in [6.45, 7) is 2.09. The summed E-state index contributed by atoms with van der Waals surface area (Å²) in [5, 5.41) is 2.83. The fourth-order valence-electron chi connectivity index (χ4n) is 1.63. The number of carbonyl (C=O) groups is 1. The zero-order valence-electron chi connectivity index (χ0n) is 11.4. The van der Waals surface area contributed by atoms with E-state index in [1.54, 1.807) is 0 Å². The Morgan fingerprint density at radius 1 is 1.33 bits per heavy atom. The van der Waals surface area contributed by atoms with Crippen molar-refractivity contribution in [1.29, 1.82) is 0 Å². The number of nitrogens with one attached hydrogen (secondary N) is 1. The quantitative estimate of drug-likeness (QED) is 0.812. The third-order valence-corrected chi connectivity index (χ3v) is 2.86. The fraction of sp³-hybridized carbons (Fsp3) is 0.500. The lowest BCUT2D eigenvalue weighted by molar-refractivity contribution is -0.117. The summed E-state index contributed by atoms with van der Waals surface area (Å²) >= 11 is 0. The largest absolute Gasteiger partial charge is 0.378 e. The molecule has 1 atom stereocenters. The molecule has 0 aromatic heterocycles. The van der Waals surface area contributed by atoms with Crippen molar-refractivity contribution in [3.63, 3.8) is 0 Å². The predicted molar refractivity (Wildman–Crippen MR) is 76.9 cm³/mol. The van der Waals surface area contributed by atoms with Crippen molar-refractivity contribution in [2.75, 3.05) is 24.3 Å². The minimum Gasteiger partial charge on any atom is -0.378 e. The second-order valence-corrected chi connectivity index (χ2v) is 4.68. The number of benzene rings is 1. The standard InChI is InChI=1S/C14H23N3O/c1-4-5-6-13(15)14(18)16-11-7-9-12(10-8-11)17(2)3/h7-10,13H,4-6,15H2,1-3H3,(H,16,18)/t13-/m0/s1. The Morgan fingerprint density at radius 3 is 2.44 bits per heavy atom. The molecule has 0 aliphatic rings. The number of anilines is 2. The van der Waals surface area contributed by atoms with E-state index in [9.17, 15) is 4.79 Å². The summed E-state index contributed by atoms with van der Waals surface area (Å²) in [6, 6.07) is 7.29. The average Bonchev–Trinajstić information content (AvgIpc) is 2.36. The van der Waals surface area contributed by atoms with Crippen molar-refractivity contribution in [1.82, 2.24) is 0 Å². The molecule has 3 N–H and O–H groups in total. The van der Waals surface area contributed by atoms with Crippen molar-refractivity contribution in [2.24, 2.45) is 5.73 Å². The van der Waals surface area contributed by atoms with Gasteiger partial charge in [0.1, 0.15) is 0 Å². The molecule has 1 rings (SSSR count). The van der Waals surface area contributed by atoms with Crippen LogP contribution >= 0.6 is 0 Å². The van der Waals surface area contributed by atoms with E-state index in [-0.39, 0.29) is 5.91 Å². The number of rotatable bonds is 6. The average molecular weight is 249 g/mol. The van der Waals surface area contributed by atoms with Crippen LogP contribution in [-0.4, -0.2) is 26.0 Å². The number of hydrogen-bond donors (Lipinski definition) is 2. The summed E-state index contributed by atoms with van der Waals surface area (Å²) < 4.78 is 0. The molecule has 1 aromatic carbocycles. The van der Waals surface area contributed by atoms with Gasteiger partial charge in [-0.1, -0.05) is 19.8 Å². The molecule has 0 saturated heterocycles. The molecule has 0 aliphatic carbocycles. The lowest BCUT2D eigenvalue weighted by Gasteiger charge is -2.14. The van der Waals surface area contributed by atoms with Crippen LogP contribution in [0.4, 0.5) is 11.4 Å². The zero-order chi connectivity index (χ0) is 13.5. The van der Waals surface area contributed by atoms with Gasteiger partial charge in [-0.2, -0.15) is 0 Å². The maximum absolute atomic E-state index is 11.8. The van der Waals surface area contributed by atoms with Crippen LogP contribution in [0.1, 0.15) is 26.2 Å². The number of unbranched alkanes of at least 4 members (excludes halogenated alkanes) is 1. The van der Waals surface area contributed by atoms with Gasteiger partial charge in [-0.3, -0.25) is 4.79 Å². The highest BCUT2D eigenvalue weighted by Gasteiger charge is 2.12. The normalized spacial score (nSPS) is 12.0. The molecule has 0 bridgehead atoms. The Labute approximate surface area is 109 Å². The lowest BCUT2D eigenvalue weighted by Crippen LogP contribution is -2.35. The first kappa shape index (κ1) is 14.5. The summed E-state index contributed by atoms with van der Waals surface area (Å²) in [5.74, 6) is -0.110. The third-order valence-electron chi connectivity index (χ3n) is 2.86. The number of amides is 1. The van der Waals surface area contributed by atoms with E-state index in [4.69, 9.17) is 5.73 Å². The van der Waals surface area contributed by atoms with E-state index < -0.39 is 6.04 Å². The van der Waals surface area contributed by atoms with E-state index in [1.807, 2.05) is 43.3 Å². The molecular weight excluding hydrogens is 226 g/mol. The zero-order valence-corrected chi connectivity index (χ0v) is 11.4. The Bertz CT molecular complexity index is 373. The Morgan fingerprint density at radius 2 is 1.94 bits per heavy atom. The van der Waals surface area contributed by atoms with Gasteiger partial charge in [-0.25, -0.2) is 0 Å². The first-order valence-corrected chi connectivity index (χ1v) is 6.38. The molecule has 0 aliphatic heterocycles. The van der Waals surface area contributed by atoms with Crippen molar-refractivity contribution in [3.05, 3.63) is 24.3 Å². The molecule has 0 spiro atoms. The molecular formula is C14H23N3O. The summed E-state index contributed by atoms with van der Waals surface area (Å²) in [4.78, 5) is 13.8. The van der Waals surface area contributed by atoms with Crippen molar-refractivity contribution < 1.29 is 4.79 Å². The van der Waals surface area contributed by atoms with Crippen LogP contribution in [-0.2, 0) is 4.79 Å². The van der Waals surface area contributed by atoms with Crippen molar-refractivity contribution >= 4 is 17.3 Å². The van der Waals surface area contributed by atoms with Gasteiger partial charge in [0.2, 0.25) is 5.91 Å². The topological polar surface area (TPSA) is 58.4 Å².